The molecule has 5 aromatic rings. The fourth-order valence-electron chi connectivity index (χ4n) is 5.22. The van der Waals surface area contributed by atoms with E-state index in [-0.39, 0.29) is 11.7 Å². The van der Waals surface area contributed by atoms with Gasteiger partial charge < -0.3 is 9.30 Å². The quantitative estimate of drug-likeness (QED) is 0.191. The molecule has 3 aromatic carbocycles. The molecule has 2 aromatic heterocycles. The van der Waals surface area contributed by atoms with Crippen molar-refractivity contribution in [2.75, 3.05) is 7.11 Å². The summed E-state index contributed by atoms with van der Waals surface area (Å²) in [6.07, 6.45) is 5.04. The Balaban J connectivity index is 1.70. The molecule has 2 heterocycles. The van der Waals surface area contributed by atoms with Gasteiger partial charge in [-0.25, -0.2) is 14.6 Å². The average Bonchev–Trinajstić information content (AvgIpc) is 3.46. The standard InChI is InChI=1S/C33H36N4O3/c1-22(2)18-20-35-28-17-16-25(32(38)40-5)21-27(28)34-31(35)26-14-9-15-29-30(26)37(23(3)4)33(39)36(29)19-10-13-24-11-7-6-8-12-24/h6-17,21-23H,18-20H2,1-5H3/b13-10+. The Morgan fingerprint density at radius 3 is 2.42 bits per heavy atom. The molecule has 7 heteroatoms. The first kappa shape index (κ1) is 27.2. The number of fused-ring (bicyclic) bond motifs is 2. The molecule has 0 radical (unpaired) electrons. The van der Waals surface area contributed by atoms with Crippen LogP contribution in [0.5, 0.6) is 0 Å². The molecule has 0 aliphatic carbocycles. The van der Waals surface area contributed by atoms with Crippen molar-refractivity contribution < 1.29 is 9.53 Å². The minimum absolute atomic E-state index is 0.0464. The molecule has 0 bridgehead atoms. The monoisotopic (exact) mass is 536 g/mol. The maximum absolute atomic E-state index is 13.8. The molecule has 0 aliphatic rings. The Morgan fingerprint density at radius 2 is 1.73 bits per heavy atom. The average molecular weight is 537 g/mol. The zero-order valence-electron chi connectivity index (χ0n) is 23.8. The molecule has 206 valence electrons. The largest absolute Gasteiger partial charge is 0.465 e. The van der Waals surface area contributed by atoms with Crippen molar-refractivity contribution >= 4 is 34.1 Å². The fraction of sp³-hybridized carbons (Fsp3) is 0.303. The lowest BCUT2D eigenvalue weighted by Crippen LogP contribution is -2.25. The minimum atomic E-state index is -0.392. The molecule has 0 saturated heterocycles. The van der Waals surface area contributed by atoms with Crippen LogP contribution in [0.2, 0.25) is 0 Å². The first-order valence-corrected chi connectivity index (χ1v) is 13.8. The molecule has 0 saturated carbocycles. The number of hydrogen-bond donors (Lipinski definition) is 0. The minimum Gasteiger partial charge on any atom is -0.465 e. The van der Waals surface area contributed by atoms with E-state index in [2.05, 4.69) is 18.4 Å². The molecule has 0 N–H and O–H groups in total. The third-order valence-corrected chi connectivity index (χ3v) is 7.24. The van der Waals surface area contributed by atoms with E-state index >= 15 is 0 Å². The summed E-state index contributed by atoms with van der Waals surface area (Å²) < 4.78 is 10.9. The molecule has 0 atom stereocenters. The third-order valence-electron chi connectivity index (χ3n) is 7.24. The molecule has 0 unspecified atom stereocenters. The number of para-hydroxylation sites is 1. The van der Waals surface area contributed by atoms with Crippen molar-refractivity contribution in [2.24, 2.45) is 5.92 Å². The van der Waals surface area contributed by atoms with Gasteiger partial charge in [0.1, 0.15) is 5.82 Å². The lowest BCUT2D eigenvalue weighted by molar-refractivity contribution is 0.0601. The highest BCUT2D eigenvalue weighted by molar-refractivity contribution is 5.96. The summed E-state index contributed by atoms with van der Waals surface area (Å²) in [5.74, 6) is 0.896. The summed E-state index contributed by atoms with van der Waals surface area (Å²) in [6.45, 7) is 9.70. The predicted molar refractivity (Wildman–Crippen MR) is 162 cm³/mol. The lowest BCUT2D eigenvalue weighted by Gasteiger charge is -2.14. The number of ether oxygens (including phenoxy) is 1. The number of aromatic nitrogens is 4. The summed E-state index contributed by atoms with van der Waals surface area (Å²) >= 11 is 0. The Morgan fingerprint density at radius 1 is 0.950 bits per heavy atom. The van der Waals surface area contributed by atoms with Crippen molar-refractivity contribution in [3.8, 4) is 11.4 Å². The Bertz CT molecular complexity index is 1750. The maximum atomic E-state index is 13.8. The number of esters is 1. The molecular formula is C33H36N4O3. The van der Waals surface area contributed by atoms with Gasteiger partial charge in [-0.3, -0.25) is 9.13 Å². The van der Waals surface area contributed by atoms with E-state index < -0.39 is 5.97 Å². The van der Waals surface area contributed by atoms with Crippen molar-refractivity contribution in [1.82, 2.24) is 18.7 Å². The van der Waals surface area contributed by atoms with Crippen LogP contribution in [0, 0.1) is 5.92 Å². The maximum Gasteiger partial charge on any atom is 0.337 e. The number of carbonyl (C=O) groups is 1. The van der Waals surface area contributed by atoms with Crippen LogP contribution in [0.1, 0.15) is 56.1 Å². The summed E-state index contributed by atoms with van der Waals surface area (Å²) in [4.78, 5) is 31.1. The molecule has 7 nitrogen and oxygen atoms in total. The van der Waals surface area contributed by atoms with Gasteiger partial charge in [-0.1, -0.05) is 62.4 Å². The number of rotatable bonds is 9. The first-order valence-electron chi connectivity index (χ1n) is 13.8. The van der Waals surface area contributed by atoms with Gasteiger partial charge in [0, 0.05) is 24.7 Å². The highest BCUT2D eigenvalue weighted by Gasteiger charge is 2.23. The molecule has 0 fully saturated rings. The Hall–Kier alpha value is -4.39. The highest BCUT2D eigenvalue weighted by Crippen LogP contribution is 2.33. The second kappa shape index (κ2) is 11.4. The normalized spacial score (nSPS) is 12.0. The van der Waals surface area contributed by atoms with E-state index in [1.54, 1.807) is 12.1 Å². The van der Waals surface area contributed by atoms with Gasteiger partial charge in [0.15, 0.2) is 0 Å². The number of hydrogen-bond acceptors (Lipinski definition) is 4. The van der Waals surface area contributed by atoms with E-state index in [0.29, 0.717) is 18.0 Å². The summed E-state index contributed by atoms with van der Waals surface area (Å²) in [5.41, 5.74) is 5.81. The van der Waals surface area contributed by atoms with E-state index in [4.69, 9.17) is 9.72 Å². The number of nitrogens with zero attached hydrogens (tertiary/aromatic N) is 4. The zero-order chi connectivity index (χ0) is 28.4. The van der Waals surface area contributed by atoms with Gasteiger partial charge in [0.2, 0.25) is 0 Å². The van der Waals surface area contributed by atoms with Crippen molar-refractivity contribution in [3.63, 3.8) is 0 Å². The van der Waals surface area contributed by atoms with Crippen LogP contribution in [0.15, 0.2) is 77.6 Å². The van der Waals surface area contributed by atoms with Gasteiger partial charge in [0.05, 0.1) is 34.7 Å². The first-order chi connectivity index (χ1) is 19.3. The smallest absolute Gasteiger partial charge is 0.337 e. The third kappa shape index (κ3) is 5.11. The number of allylic oxidation sites excluding steroid dienone is 1. The number of carbonyl (C=O) groups excluding carboxylic acids is 1. The molecule has 0 spiro atoms. The van der Waals surface area contributed by atoms with Gasteiger partial charge in [-0.05, 0) is 62.1 Å². The van der Waals surface area contributed by atoms with Gasteiger partial charge >= 0.3 is 11.7 Å². The van der Waals surface area contributed by atoms with Crippen LogP contribution in [-0.2, 0) is 17.8 Å². The molecule has 5 rings (SSSR count). The van der Waals surface area contributed by atoms with Crippen LogP contribution in [0.3, 0.4) is 0 Å². The van der Waals surface area contributed by atoms with Gasteiger partial charge in [-0.2, -0.15) is 0 Å². The van der Waals surface area contributed by atoms with E-state index in [1.807, 2.05) is 89.7 Å². The SMILES string of the molecule is COC(=O)c1ccc2c(c1)nc(-c1cccc3c1n(C(C)C)c(=O)n3C/C=C/c1ccccc1)n2CCC(C)C. The molecule has 0 amide bonds. The number of imidazole rings is 2. The van der Waals surface area contributed by atoms with Crippen LogP contribution in [0.4, 0.5) is 0 Å². The predicted octanol–water partition coefficient (Wildman–Crippen LogP) is 6.95. The summed E-state index contributed by atoms with van der Waals surface area (Å²) in [5, 5.41) is 0. The van der Waals surface area contributed by atoms with Crippen LogP contribution in [-0.4, -0.2) is 31.8 Å². The van der Waals surface area contributed by atoms with Crippen LogP contribution in [0.25, 0.3) is 39.5 Å². The second-order valence-corrected chi connectivity index (χ2v) is 10.8. The van der Waals surface area contributed by atoms with Crippen LogP contribution < -0.4 is 5.69 Å². The number of methoxy groups -OCH3 is 1. The van der Waals surface area contributed by atoms with Gasteiger partial charge in [-0.15, -0.1) is 0 Å². The number of benzene rings is 3. The Labute approximate surface area is 234 Å². The second-order valence-electron chi connectivity index (χ2n) is 10.8. The van der Waals surface area contributed by atoms with Gasteiger partial charge in [0.25, 0.3) is 0 Å². The number of aryl methyl sites for hydroxylation is 1. The van der Waals surface area contributed by atoms with E-state index in [0.717, 1.165) is 52.0 Å². The molecule has 40 heavy (non-hydrogen) atoms. The van der Waals surface area contributed by atoms with E-state index in [1.165, 1.54) is 7.11 Å². The molecular weight excluding hydrogens is 500 g/mol. The van der Waals surface area contributed by atoms with Crippen molar-refractivity contribution in [1.29, 1.82) is 0 Å². The van der Waals surface area contributed by atoms with Crippen molar-refractivity contribution in [3.05, 3.63) is 94.4 Å². The van der Waals surface area contributed by atoms with E-state index in [9.17, 15) is 9.59 Å². The van der Waals surface area contributed by atoms with Crippen LogP contribution >= 0.6 is 0 Å². The molecule has 0 aliphatic heterocycles. The Kier molecular flexibility index (Phi) is 7.74. The topological polar surface area (TPSA) is 71.1 Å². The summed E-state index contributed by atoms with van der Waals surface area (Å²) in [6, 6.07) is 21.6. The lowest BCUT2D eigenvalue weighted by atomic mass is 10.1. The zero-order valence-corrected chi connectivity index (χ0v) is 23.8. The highest BCUT2D eigenvalue weighted by atomic mass is 16.5. The fourth-order valence-corrected chi connectivity index (χ4v) is 5.22. The summed E-state index contributed by atoms with van der Waals surface area (Å²) in [7, 11) is 1.38. The van der Waals surface area contributed by atoms with Crippen molar-refractivity contribution in [2.45, 2.75) is 53.2 Å².